The van der Waals surface area contributed by atoms with Crippen molar-refractivity contribution in [3.63, 3.8) is 0 Å². The van der Waals surface area contributed by atoms with Crippen LogP contribution in [0.1, 0.15) is 47.3 Å². The topological polar surface area (TPSA) is 56.6 Å². The number of aromatic nitrogens is 2. The highest BCUT2D eigenvalue weighted by atomic mass is 19.1. The molecule has 0 spiro atoms. The molecule has 7 heteroatoms. The number of amides is 1. The van der Waals surface area contributed by atoms with Crippen LogP contribution in [0.4, 0.5) is 4.39 Å². The lowest BCUT2D eigenvalue weighted by Gasteiger charge is -2.27. The van der Waals surface area contributed by atoms with Crippen LogP contribution in [0.15, 0.2) is 24.3 Å². The summed E-state index contributed by atoms with van der Waals surface area (Å²) in [6.07, 6.45) is 0.552. The molecular weight excluding hydrogens is 349 g/mol. The van der Waals surface area contributed by atoms with E-state index in [0.29, 0.717) is 31.8 Å². The summed E-state index contributed by atoms with van der Waals surface area (Å²) in [4.78, 5) is 14.7. The molecular formula is C20H26FN3O3. The van der Waals surface area contributed by atoms with Crippen LogP contribution in [-0.4, -0.2) is 47.5 Å². The van der Waals surface area contributed by atoms with E-state index in [2.05, 4.69) is 5.10 Å². The molecule has 3 rings (SSSR count). The van der Waals surface area contributed by atoms with Crippen LogP contribution in [0, 0.1) is 5.82 Å². The van der Waals surface area contributed by atoms with E-state index in [1.807, 2.05) is 18.5 Å². The van der Waals surface area contributed by atoms with Gasteiger partial charge in [-0.05, 0) is 31.5 Å². The molecule has 1 amide bonds. The molecule has 0 fully saturated rings. The number of ether oxygens (including phenoxy) is 2. The Balaban J connectivity index is 1.88. The van der Waals surface area contributed by atoms with Gasteiger partial charge in [0.25, 0.3) is 5.91 Å². The maximum Gasteiger partial charge on any atom is 0.274 e. The van der Waals surface area contributed by atoms with Crippen LogP contribution < -0.4 is 0 Å². The molecule has 0 aliphatic carbocycles. The molecule has 6 nitrogen and oxygen atoms in total. The van der Waals surface area contributed by atoms with Gasteiger partial charge >= 0.3 is 0 Å². The second-order valence-electron chi connectivity index (χ2n) is 7.01. The van der Waals surface area contributed by atoms with Crippen LogP contribution in [-0.2, 0) is 29.0 Å². The molecule has 0 bridgehead atoms. The van der Waals surface area contributed by atoms with E-state index < -0.39 is 0 Å². The van der Waals surface area contributed by atoms with Crippen molar-refractivity contribution in [2.75, 3.05) is 20.8 Å². The van der Waals surface area contributed by atoms with Gasteiger partial charge in [0.15, 0.2) is 5.69 Å². The van der Waals surface area contributed by atoms with Crippen molar-refractivity contribution in [3.05, 3.63) is 52.6 Å². The second-order valence-corrected chi connectivity index (χ2v) is 7.01. The van der Waals surface area contributed by atoms with Crippen molar-refractivity contribution in [3.8, 4) is 0 Å². The van der Waals surface area contributed by atoms with Gasteiger partial charge in [0.05, 0.1) is 31.1 Å². The first-order valence-corrected chi connectivity index (χ1v) is 9.14. The average molecular weight is 375 g/mol. The molecule has 0 saturated heterocycles. The molecule has 1 aliphatic rings. The molecule has 27 heavy (non-hydrogen) atoms. The van der Waals surface area contributed by atoms with E-state index in [1.165, 1.54) is 12.1 Å². The Morgan fingerprint density at radius 2 is 2.07 bits per heavy atom. The third-order valence-electron chi connectivity index (χ3n) is 4.80. The number of hydrogen-bond acceptors (Lipinski definition) is 4. The van der Waals surface area contributed by atoms with E-state index in [9.17, 15) is 9.18 Å². The molecule has 0 radical (unpaired) electrons. The summed E-state index contributed by atoms with van der Waals surface area (Å²) in [5, 5.41) is 4.60. The molecule has 1 aromatic heterocycles. The first kappa shape index (κ1) is 19.5. The van der Waals surface area contributed by atoms with Gasteiger partial charge in [0.1, 0.15) is 5.82 Å². The zero-order chi connectivity index (χ0) is 19.6. The fourth-order valence-electron chi connectivity index (χ4n) is 3.55. The number of methoxy groups -OCH3 is 1. The zero-order valence-electron chi connectivity index (χ0n) is 16.2. The smallest absolute Gasteiger partial charge is 0.274 e. The van der Waals surface area contributed by atoms with Gasteiger partial charge in [-0.2, -0.15) is 5.10 Å². The number of halogens is 1. The SMILES string of the molecule is COCCn1nc(C(=O)N(C)Cc2ccc(F)cc2)c2c1[C@H](C)O[C@H](C)C2. The van der Waals surface area contributed by atoms with Gasteiger partial charge in [0.2, 0.25) is 0 Å². The Kier molecular flexibility index (Phi) is 5.92. The minimum atomic E-state index is -0.290. The number of nitrogens with zero attached hydrogens (tertiary/aromatic N) is 3. The second kappa shape index (κ2) is 8.19. The molecule has 0 saturated carbocycles. The first-order chi connectivity index (χ1) is 12.9. The van der Waals surface area contributed by atoms with Crippen molar-refractivity contribution in [1.82, 2.24) is 14.7 Å². The van der Waals surface area contributed by atoms with Crippen LogP contribution in [0.25, 0.3) is 0 Å². The molecule has 2 aromatic rings. The normalized spacial score (nSPS) is 19.0. The first-order valence-electron chi connectivity index (χ1n) is 9.14. The lowest BCUT2D eigenvalue weighted by Crippen LogP contribution is -2.29. The zero-order valence-corrected chi connectivity index (χ0v) is 16.2. The Labute approximate surface area is 158 Å². The van der Waals surface area contributed by atoms with Crippen LogP contribution in [0.3, 0.4) is 0 Å². The lowest BCUT2D eigenvalue weighted by molar-refractivity contribution is -0.0102. The largest absolute Gasteiger partial charge is 0.383 e. The molecule has 2 heterocycles. The highest BCUT2D eigenvalue weighted by Gasteiger charge is 2.33. The fourth-order valence-corrected chi connectivity index (χ4v) is 3.55. The van der Waals surface area contributed by atoms with E-state index in [0.717, 1.165) is 16.8 Å². The van der Waals surface area contributed by atoms with E-state index in [4.69, 9.17) is 9.47 Å². The summed E-state index contributed by atoms with van der Waals surface area (Å²) in [7, 11) is 3.37. The number of carbonyl (C=O) groups is 1. The van der Waals surface area contributed by atoms with Crippen molar-refractivity contribution in [2.24, 2.45) is 0 Å². The third kappa shape index (κ3) is 4.20. The maximum absolute atomic E-state index is 13.1. The number of hydrogen-bond donors (Lipinski definition) is 0. The predicted molar refractivity (Wildman–Crippen MR) is 99.0 cm³/mol. The van der Waals surface area contributed by atoms with Gasteiger partial charge in [-0.3, -0.25) is 9.48 Å². The number of benzene rings is 1. The fraction of sp³-hybridized carbons (Fsp3) is 0.500. The Bertz CT molecular complexity index is 804. The summed E-state index contributed by atoms with van der Waals surface area (Å²) in [6, 6.07) is 6.17. The van der Waals surface area contributed by atoms with Crippen LogP contribution in [0.5, 0.6) is 0 Å². The molecule has 1 aliphatic heterocycles. The molecule has 1 aromatic carbocycles. The quantitative estimate of drug-likeness (QED) is 0.779. The highest BCUT2D eigenvalue weighted by molar-refractivity contribution is 5.94. The molecule has 146 valence electrons. The van der Waals surface area contributed by atoms with Crippen molar-refractivity contribution in [2.45, 2.75) is 45.6 Å². The summed E-state index contributed by atoms with van der Waals surface area (Å²) in [5.41, 5.74) is 3.23. The maximum atomic E-state index is 13.1. The summed E-state index contributed by atoms with van der Waals surface area (Å²) < 4.78 is 26.0. The molecule has 0 N–H and O–H groups in total. The van der Waals surface area contributed by atoms with E-state index in [1.54, 1.807) is 31.2 Å². The third-order valence-corrected chi connectivity index (χ3v) is 4.80. The Hall–Kier alpha value is -2.25. The van der Waals surface area contributed by atoms with Crippen LogP contribution >= 0.6 is 0 Å². The average Bonchev–Trinajstić information content (AvgIpc) is 2.99. The molecule has 2 atom stereocenters. The Morgan fingerprint density at radius 1 is 1.37 bits per heavy atom. The van der Waals surface area contributed by atoms with Crippen molar-refractivity contribution < 1.29 is 18.7 Å². The monoisotopic (exact) mass is 375 g/mol. The molecule has 0 unspecified atom stereocenters. The van der Waals surface area contributed by atoms with Crippen molar-refractivity contribution >= 4 is 5.91 Å². The van der Waals surface area contributed by atoms with E-state index >= 15 is 0 Å². The highest BCUT2D eigenvalue weighted by Crippen LogP contribution is 2.32. The number of carbonyl (C=O) groups excluding carboxylic acids is 1. The lowest BCUT2D eigenvalue weighted by atomic mass is 9.99. The Morgan fingerprint density at radius 3 is 2.74 bits per heavy atom. The minimum absolute atomic E-state index is 0.0292. The van der Waals surface area contributed by atoms with Crippen molar-refractivity contribution in [1.29, 1.82) is 0 Å². The summed E-state index contributed by atoms with van der Waals surface area (Å²) in [6.45, 7) is 5.45. The van der Waals surface area contributed by atoms with Gasteiger partial charge in [-0.25, -0.2) is 4.39 Å². The van der Waals surface area contributed by atoms with Gasteiger partial charge in [-0.1, -0.05) is 12.1 Å². The van der Waals surface area contributed by atoms with Gasteiger partial charge in [-0.15, -0.1) is 0 Å². The minimum Gasteiger partial charge on any atom is -0.383 e. The number of fused-ring (bicyclic) bond motifs is 1. The predicted octanol–water partition coefficient (Wildman–Crippen LogP) is 2.96. The standard InChI is InChI=1S/C20H26FN3O3/c1-13-11-17-18(22-24(9-10-26-4)19(17)14(2)27-13)20(25)23(3)12-15-5-7-16(21)8-6-15/h5-8,13-14H,9-12H2,1-4H3/t13-,14+/m1/s1. The van der Waals surface area contributed by atoms with Crippen LogP contribution in [0.2, 0.25) is 0 Å². The van der Waals surface area contributed by atoms with E-state index in [-0.39, 0.29) is 23.9 Å². The van der Waals surface area contributed by atoms with Gasteiger partial charge in [0, 0.05) is 32.7 Å². The number of rotatable bonds is 6. The summed E-state index contributed by atoms with van der Waals surface area (Å²) in [5.74, 6) is -0.435. The van der Waals surface area contributed by atoms with Gasteiger partial charge < -0.3 is 14.4 Å². The summed E-state index contributed by atoms with van der Waals surface area (Å²) >= 11 is 0.